The van der Waals surface area contributed by atoms with E-state index < -0.39 is 0 Å². The van der Waals surface area contributed by atoms with Gasteiger partial charge < -0.3 is 0 Å². The number of unbranched alkanes of at least 4 members (excludes halogenated alkanes) is 1. The maximum absolute atomic E-state index is 3.52. The zero-order valence-corrected chi connectivity index (χ0v) is 14.9. The van der Waals surface area contributed by atoms with Gasteiger partial charge in [-0.2, -0.15) is 0 Å². The lowest BCUT2D eigenvalue weighted by Gasteiger charge is -2.25. The summed E-state index contributed by atoms with van der Waals surface area (Å²) in [5, 5.41) is 0. The fourth-order valence-corrected chi connectivity index (χ4v) is 4.23. The molecule has 0 saturated heterocycles. The number of hydrogen-bond acceptors (Lipinski definition) is 0. The van der Waals surface area contributed by atoms with Gasteiger partial charge in [0.25, 0.3) is 0 Å². The van der Waals surface area contributed by atoms with Crippen LogP contribution in [0.2, 0.25) is 0 Å². The molecule has 0 atom stereocenters. The van der Waals surface area contributed by atoms with Crippen LogP contribution in [0.25, 0.3) is 0 Å². The molecule has 0 aromatic rings. The molecule has 0 spiro atoms. The Hall–Kier alpha value is -0.700. The highest BCUT2D eigenvalue weighted by Crippen LogP contribution is 2.32. The molecule has 0 radical (unpaired) electrons. The van der Waals surface area contributed by atoms with E-state index in [9.17, 15) is 0 Å². The molecular formula is C22H36. The summed E-state index contributed by atoms with van der Waals surface area (Å²) in [5.41, 5.74) is 0. The summed E-state index contributed by atoms with van der Waals surface area (Å²) in [4.78, 5) is 0. The Balaban J connectivity index is 1.64. The molecule has 0 amide bonds. The predicted octanol–water partition coefficient (Wildman–Crippen LogP) is 6.76. The summed E-state index contributed by atoms with van der Waals surface area (Å²) in [7, 11) is 0. The van der Waals surface area contributed by atoms with Crippen LogP contribution in [0.3, 0.4) is 0 Å². The van der Waals surface area contributed by atoms with Crippen LogP contribution in [0.5, 0.6) is 0 Å². The predicted molar refractivity (Wildman–Crippen MR) is 97.6 cm³/mol. The Morgan fingerprint density at radius 1 is 0.864 bits per heavy atom. The maximum Gasteiger partial charge on any atom is 0.0206 e. The highest BCUT2D eigenvalue weighted by atomic mass is 14.2. The van der Waals surface area contributed by atoms with Gasteiger partial charge in [-0.15, -0.1) is 0 Å². The van der Waals surface area contributed by atoms with Crippen LogP contribution in [-0.2, 0) is 0 Å². The average Bonchev–Trinajstić information content (AvgIpc) is 2.58. The fourth-order valence-electron chi connectivity index (χ4n) is 4.23. The van der Waals surface area contributed by atoms with Crippen molar-refractivity contribution in [3.8, 4) is 11.8 Å². The Labute approximate surface area is 139 Å². The van der Waals surface area contributed by atoms with Crippen LogP contribution in [0.4, 0.5) is 0 Å². The molecule has 2 aliphatic carbocycles. The van der Waals surface area contributed by atoms with E-state index in [1.54, 1.807) is 0 Å². The minimum Gasteiger partial charge on any atom is -0.0951 e. The first-order valence-electron chi connectivity index (χ1n) is 9.99. The second-order valence-corrected chi connectivity index (χ2v) is 7.70. The Bertz CT molecular complexity index is 365. The number of allylic oxidation sites excluding steroid dienone is 2. The molecule has 2 saturated carbocycles. The first kappa shape index (κ1) is 17.7. The molecule has 0 nitrogen and oxygen atoms in total. The Morgan fingerprint density at radius 3 is 2.18 bits per heavy atom. The van der Waals surface area contributed by atoms with E-state index in [0.29, 0.717) is 5.92 Å². The van der Waals surface area contributed by atoms with Crippen molar-refractivity contribution in [1.82, 2.24) is 0 Å². The summed E-state index contributed by atoms with van der Waals surface area (Å²) < 4.78 is 0. The van der Waals surface area contributed by atoms with Gasteiger partial charge in [0.1, 0.15) is 0 Å². The number of hydrogen-bond donors (Lipinski definition) is 0. The van der Waals surface area contributed by atoms with E-state index in [4.69, 9.17) is 0 Å². The second kappa shape index (κ2) is 10.1. The van der Waals surface area contributed by atoms with E-state index in [1.165, 1.54) is 77.0 Å². The van der Waals surface area contributed by atoms with Crippen LogP contribution in [-0.4, -0.2) is 0 Å². The first-order valence-corrected chi connectivity index (χ1v) is 9.99. The first-order chi connectivity index (χ1) is 10.8. The minimum absolute atomic E-state index is 0.679. The van der Waals surface area contributed by atoms with Gasteiger partial charge in [0.15, 0.2) is 0 Å². The van der Waals surface area contributed by atoms with Crippen LogP contribution >= 0.6 is 0 Å². The van der Waals surface area contributed by atoms with Crippen molar-refractivity contribution in [3.05, 3.63) is 12.2 Å². The average molecular weight is 301 g/mol. The van der Waals surface area contributed by atoms with Crippen molar-refractivity contribution in [2.75, 3.05) is 0 Å². The summed E-state index contributed by atoms with van der Waals surface area (Å²) >= 11 is 0. The molecule has 0 aromatic carbocycles. The van der Waals surface area contributed by atoms with E-state index in [1.807, 2.05) is 0 Å². The third kappa shape index (κ3) is 6.20. The molecule has 0 unspecified atom stereocenters. The standard InChI is InChI=1S/C22H36/c1-3-5-8-20-15-17-22(18-16-20)10-7-6-9-21-13-11-19(4-2)12-14-21/h6,9,19-22H,3-5,8,11-18H2,1-2H3. The Morgan fingerprint density at radius 2 is 1.55 bits per heavy atom. The zero-order valence-electron chi connectivity index (χ0n) is 14.9. The number of rotatable bonds is 5. The fraction of sp³-hybridized carbons (Fsp3) is 0.818. The molecule has 0 heterocycles. The van der Waals surface area contributed by atoms with E-state index >= 15 is 0 Å². The van der Waals surface area contributed by atoms with Gasteiger partial charge in [0.05, 0.1) is 0 Å². The lowest BCUT2D eigenvalue weighted by Crippen LogP contribution is -2.13. The van der Waals surface area contributed by atoms with E-state index in [0.717, 1.165) is 17.8 Å². The normalized spacial score (nSPS) is 32.6. The molecular weight excluding hydrogens is 264 g/mol. The molecule has 2 rings (SSSR count). The van der Waals surface area contributed by atoms with Crippen LogP contribution in [0.15, 0.2) is 12.2 Å². The van der Waals surface area contributed by atoms with Crippen molar-refractivity contribution in [3.63, 3.8) is 0 Å². The van der Waals surface area contributed by atoms with Crippen molar-refractivity contribution >= 4 is 0 Å². The van der Waals surface area contributed by atoms with Gasteiger partial charge in [-0.05, 0) is 75.2 Å². The smallest absolute Gasteiger partial charge is 0.0206 e. The quantitative estimate of drug-likeness (QED) is 0.492. The van der Waals surface area contributed by atoms with Crippen molar-refractivity contribution < 1.29 is 0 Å². The summed E-state index contributed by atoms with van der Waals surface area (Å²) in [6.45, 7) is 4.64. The highest BCUT2D eigenvalue weighted by molar-refractivity contribution is 5.18. The monoisotopic (exact) mass is 300 g/mol. The lowest BCUT2D eigenvalue weighted by molar-refractivity contribution is 0.296. The van der Waals surface area contributed by atoms with E-state index in [-0.39, 0.29) is 0 Å². The largest absolute Gasteiger partial charge is 0.0951 e. The molecule has 124 valence electrons. The summed E-state index contributed by atoms with van der Waals surface area (Å²) in [6.07, 6.45) is 21.3. The zero-order chi connectivity index (χ0) is 15.6. The van der Waals surface area contributed by atoms with E-state index in [2.05, 4.69) is 37.8 Å². The molecule has 2 aliphatic rings. The molecule has 0 aromatic heterocycles. The highest BCUT2D eigenvalue weighted by Gasteiger charge is 2.19. The molecule has 2 fully saturated rings. The molecule has 22 heavy (non-hydrogen) atoms. The summed E-state index contributed by atoms with van der Waals surface area (Å²) in [5.74, 6) is 10.4. The van der Waals surface area contributed by atoms with Gasteiger partial charge in [-0.1, -0.05) is 57.4 Å². The van der Waals surface area contributed by atoms with Gasteiger partial charge in [-0.3, -0.25) is 0 Å². The van der Waals surface area contributed by atoms with Gasteiger partial charge >= 0.3 is 0 Å². The van der Waals surface area contributed by atoms with Gasteiger partial charge in [0, 0.05) is 5.92 Å². The SMILES string of the molecule is CCCCC1CCC(C#CC=CC2CCC(CC)CC2)CC1. The van der Waals surface area contributed by atoms with Gasteiger partial charge in [-0.25, -0.2) is 0 Å². The van der Waals surface area contributed by atoms with Crippen LogP contribution in [0.1, 0.15) is 90.9 Å². The molecule has 0 heteroatoms. The third-order valence-electron chi connectivity index (χ3n) is 6.02. The topological polar surface area (TPSA) is 0 Å². The second-order valence-electron chi connectivity index (χ2n) is 7.70. The molecule has 0 bridgehead atoms. The molecule has 0 N–H and O–H groups in total. The van der Waals surface area contributed by atoms with Crippen molar-refractivity contribution in [1.29, 1.82) is 0 Å². The molecule has 0 aliphatic heterocycles. The maximum atomic E-state index is 3.52. The van der Waals surface area contributed by atoms with Crippen molar-refractivity contribution in [2.45, 2.75) is 90.9 Å². The lowest BCUT2D eigenvalue weighted by atomic mass is 9.80. The minimum atomic E-state index is 0.679. The van der Waals surface area contributed by atoms with Crippen LogP contribution < -0.4 is 0 Å². The Kier molecular flexibility index (Phi) is 8.14. The van der Waals surface area contributed by atoms with Gasteiger partial charge in [0.2, 0.25) is 0 Å². The van der Waals surface area contributed by atoms with Crippen molar-refractivity contribution in [2.24, 2.45) is 23.7 Å². The third-order valence-corrected chi connectivity index (χ3v) is 6.02. The summed E-state index contributed by atoms with van der Waals surface area (Å²) in [6, 6.07) is 0. The van der Waals surface area contributed by atoms with Crippen LogP contribution in [0, 0.1) is 35.5 Å².